The van der Waals surface area contributed by atoms with Gasteiger partial charge in [-0.25, -0.2) is 0 Å². The van der Waals surface area contributed by atoms with Crippen molar-refractivity contribution in [1.29, 1.82) is 0 Å². The van der Waals surface area contributed by atoms with E-state index in [9.17, 15) is 0 Å². The predicted octanol–water partition coefficient (Wildman–Crippen LogP) is 4.81. The van der Waals surface area contributed by atoms with Crippen molar-refractivity contribution < 1.29 is 0 Å². The Bertz CT molecular complexity index is 500. The molecule has 17 heavy (non-hydrogen) atoms. The highest BCUT2D eigenvalue weighted by Gasteiger charge is 1.94. The van der Waals surface area contributed by atoms with Gasteiger partial charge in [0.25, 0.3) is 0 Å². The minimum Gasteiger partial charge on any atom is -0.361 e. The third-order valence-electron chi connectivity index (χ3n) is 2.53. The van der Waals surface area contributed by atoms with Gasteiger partial charge in [-0.1, -0.05) is 41.9 Å². The predicted molar refractivity (Wildman–Crippen MR) is 75.2 cm³/mol. The molecule has 1 nitrogen and oxygen atoms in total. The van der Waals surface area contributed by atoms with Gasteiger partial charge in [0.15, 0.2) is 0 Å². The maximum absolute atomic E-state index is 5.83. The van der Waals surface area contributed by atoms with Crippen molar-refractivity contribution >= 4 is 22.9 Å². The summed E-state index contributed by atoms with van der Waals surface area (Å²) in [5.41, 5.74) is 3.44. The maximum atomic E-state index is 5.83. The summed E-state index contributed by atoms with van der Waals surface area (Å²) in [6.07, 6.45) is 2.00. The quantitative estimate of drug-likeness (QED) is 0.816. The van der Waals surface area contributed by atoms with Gasteiger partial charge in [-0.15, -0.1) is 0 Å². The average molecular weight is 244 g/mol. The zero-order valence-electron chi connectivity index (χ0n) is 9.65. The third kappa shape index (κ3) is 3.36. The highest BCUT2D eigenvalue weighted by atomic mass is 35.5. The van der Waals surface area contributed by atoms with Gasteiger partial charge in [0.2, 0.25) is 0 Å². The van der Waals surface area contributed by atoms with Crippen LogP contribution >= 0.6 is 11.6 Å². The molecule has 0 heterocycles. The molecule has 0 fully saturated rings. The van der Waals surface area contributed by atoms with Crippen molar-refractivity contribution in [3.63, 3.8) is 0 Å². The number of allylic oxidation sites excluding steroid dienone is 1. The van der Waals surface area contributed by atoms with Gasteiger partial charge in [-0.05, 0) is 42.3 Å². The topological polar surface area (TPSA) is 12.0 Å². The molecule has 0 saturated heterocycles. The number of rotatable bonds is 3. The van der Waals surface area contributed by atoms with Crippen LogP contribution in [0, 0.1) is 0 Å². The van der Waals surface area contributed by atoms with Crippen LogP contribution in [0.4, 0.5) is 5.69 Å². The third-order valence-corrected chi connectivity index (χ3v) is 2.78. The summed E-state index contributed by atoms with van der Waals surface area (Å²) in [5, 5.41) is 4.00. The molecule has 0 bridgehead atoms. The Morgan fingerprint density at radius 2 is 1.65 bits per heavy atom. The minimum atomic E-state index is 0.749. The Morgan fingerprint density at radius 3 is 2.29 bits per heavy atom. The van der Waals surface area contributed by atoms with Crippen LogP contribution in [0.15, 0.2) is 60.8 Å². The number of halogens is 1. The molecule has 0 aliphatic heterocycles. The number of hydrogen-bond acceptors (Lipinski definition) is 1. The van der Waals surface area contributed by atoms with Gasteiger partial charge in [0, 0.05) is 16.9 Å². The molecule has 2 heteroatoms. The minimum absolute atomic E-state index is 0.749. The second-order valence-electron chi connectivity index (χ2n) is 3.84. The van der Waals surface area contributed by atoms with E-state index >= 15 is 0 Å². The molecule has 0 saturated carbocycles. The Kier molecular flexibility index (Phi) is 3.84. The van der Waals surface area contributed by atoms with Crippen LogP contribution in [0.5, 0.6) is 0 Å². The van der Waals surface area contributed by atoms with E-state index in [2.05, 4.69) is 24.4 Å². The standard InChI is InChI=1S/C15H14ClN/c1-12(13-5-3-2-4-6-13)11-17-15-9-7-14(16)8-10-15/h2-11,17H,1H3. The van der Waals surface area contributed by atoms with E-state index in [0.29, 0.717) is 0 Å². The van der Waals surface area contributed by atoms with E-state index in [0.717, 1.165) is 10.7 Å². The number of hydrogen-bond donors (Lipinski definition) is 1. The molecule has 2 rings (SSSR count). The summed E-state index contributed by atoms with van der Waals surface area (Å²) < 4.78 is 0. The fourth-order valence-corrected chi connectivity index (χ4v) is 1.65. The van der Waals surface area contributed by atoms with Gasteiger partial charge in [0.1, 0.15) is 0 Å². The molecule has 86 valence electrons. The first kappa shape index (κ1) is 11.7. The highest BCUT2D eigenvalue weighted by molar-refractivity contribution is 6.30. The number of nitrogens with one attached hydrogen (secondary N) is 1. The van der Waals surface area contributed by atoms with Gasteiger partial charge < -0.3 is 5.32 Å². The Labute approximate surface area is 107 Å². The second-order valence-corrected chi connectivity index (χ2v) is 4.28. The largest absolute Gasteiger partial charge is 0.361 e. The summed E-state index contributed by atoms with van der Waals surface area (Å²) in [4.78, 5) is 0. The molecule has 0 unspecified atom stereocenters. The summed E-state index contributed by atoms with van der Waals surface area (Å²) >= 11 is 5.83. The zero-order valence-corrected chi connectivity index (χ0v) is 10.4. The van der Waals surface area contributed by atoms with E-state index in [-0.39, 0.29) is 0 Å². The summed E-state index contributed by atoms with van der Waals surface area (Å²) in [6, 6.07) is 17.9. The van der Waals surface area contributed by atoms with E-state index in [1.165, 1.54) is 11.1 Å². The summed E-state index contributed by atoms with van der Waals surface area (Å²) in [6.45, 7) is 2.08. The average Bonchev–Trinajstić information content (AvgIpc) is 2.39. The van der Waals surface area contributed by atoms with Crippen molar-refractivity contribution in [2.24, 2.45) is 0 Å². The van der Waals surface area contributed by atoms with Gasteiger partial charge in [-0.2, -0.15) is 0 Å². The van der Waals surface area contributed by atoms with Crippen LogP contribution in [-0.4, -0.2) is 0 Å². The summed E-state index contributed by atoms with van der Waals surface area (Å²) in [5.74, 6) is 0. The van der Waals surface area contributed by atoms with Crippen LogP contribution in [-0.2, 0) is 0 Å². The first-order valence-electron chi connectivity index (χ1n) is 5.50. The fraction of sp³-hybridized carbons (Fsp3) is 0.0667. The van der Waals surface area contributed by atoms with Gasteiger partial charge >= 0.3 is 0 Å². The normalized spacial score (nSPS) is 11.3. The molecule has 1 N–H and O–H groups in total. The Morgan fingerprint density at radius 1 is 1.00 bits per heavy atom. The van der Waals surface area contributed by atoms with E-state index < -0.39 is 0 Å². The number of anilines is 1. The summed E-state index contributed by atoms with van der Waals surface area (Å²) in [7, 11) is 0. The molecular weight excluding hydrogens is 230 g/mol. The van der Waals surface area contributed by atoms with E-state index in [1.54, 1.807) is 0 Å². The molecule has 0 spiro atoms. The fourth-order valence-electron chi connectivity index (χ4n) is 1.52. The first-order valence-corrected chi connectivity index (χ1v) is 5.88. The lowest BCUT2D eigenvalue weighted by molar-refractivity contribution is 1.52. The lowest BCUT2D eigenvalue weighted by Crippen LogP contribution is -1.89. The molecule has 0 atom stereocenters. The zero-order chi connectivity index (χ0) is 12.1. The lowest BCUT2D eigenvalue weighted by Gasteiger charge is -2.04. The molecule has 0 radical (unpaired) electrons. The lowest BCUT2D eigenvalue weighted by atomic mass is 10.1. The SMILES string of the molecule is CC(=CNc1ccc(Cl)cc1)c1ccccc1. The monoisotopic (exact) mass is 243 g/mol. The van der Waals surface area contributed by atoms with Crippen LogP contribution in [0.2, 0.25) is 5.02 Å². The molecule has 2 aromatic rings. The van der Waals surface area contributed by atoms with Gasteiger partial charge in [0.05, 0.1) is 0 Å². The van der Waals surface area contributed by atoms with Crippen molar-refractivity contribution in [2.45, 2.75) is 6.92 Å². The van der Waals surface area contributed by atoms with Crippen molar-refractivity contribution in [3.05, 3.63) is 71.4 Å². The molecule has 0 aliphatic carbocycles. The highest BCUT2D eigenvalue weighted by Crippen LogP contribution is 2.16. The van der Waals surface area contributed by atoms with Crippen LogP contribution in [0.3, 0.4) is 0 Å². The Balaban J connectivity index is 2.08. The van der Waals surface area contributed by atoms with Crippen molar-refractivity contribution in [2.75, 3.05) is 5.32 Å². The number of benzene rings is 2. The second kappa shape index (κ2) is 5.55. The van der Waals surface area contributed by atoms with Crippen LogP contribution < -0.4 is 5.32 Å². The maximum Gasteiger partial charge on any atom is 0.0407 e. The van der Waals surface area contributed by atoms with Crippen LogP contribution in [0.25, 0.3) is 5.57 Å². The van der Waals surface area contributed by atoms with Crippen molar-refractivity contribution in [3.8, 4) is 0 Å². The molecular formula is C15H14ClN. The van der Waals surface area contributed by atoms with E-state index in [1.807, 2.05) is 48.7 Å². The van der Waals surface area contributed by atoms with E-state index in [4.69, 9.17) is 11.6 Å². The molecule has 0 aliphatic rings. The first-order chi connectivity index (χ1) is 8.25. The smallest absolute Gasteiger partial charge is 0.0407 e. The van der Waals surface area contributed by atoms with Crippen molar-refractivity contribution in [1.82, 2.24) is 0 Å². The molecule has 2 aromatic carbocycles. The molecule has 0 amide bonds. The van der Waals surface area contributed by atoms with Gasteiger partial charge in [-0.3, -0.25) is 0 Å². The Hall–Kier alpha value is -1.73. The van der Waals surface area contributed by atoms with Crippen LogP contribution in [0.1, 0.15) is 12.5 Å². The molecule has 0 aromatic heterocycles.